The van der Waals surface area contributed by atoms with Gasteiger partial charge in [-0.1, -0.05) is 53.5 Å². The van der Waals surface area contributed by atoms with Gasteiger partial charge in [-0.25, -0.2) is 0 Å². The standard InChI is InChI=1S/C11H14BrCl/c1-3-11(8(2)12)9-4-6-10(13)7-5-9/h4-8,11H,3H2,1-2H3. The summed E-state index contributed by atoms with van der Waals surface area (Å²) in [6, 6.07) is 8.12. The fourth-order valence-electron chi connectivity index (χ4n) is 1.54. The summed E-state index contributed by atoms with van der Waals surface area (Å²) >= 11 is 9.45. The molecule has 0 saturated carbocycles. The SMILES string of the molecule is CCC(c1ccc(Cl)cc1)C(C)Br. The molecule has 0 radical (unpaired) electrons. The third-order valence-corrected chi connectivity index (χ3v) is 3.18. The van der Waals surface area contributed by atoms with Gasteiger partial charge in [0.2, 0.25) is 0 Å². The van der Waals surface area contributed by atoms with E-state index in [1.54, 1.807) is 0 Å². The molecular formula is C11H14BrCl. The maximum atomic E-state index is 5.83. The van der Waals surface area contributed by atoms with Gasteiger partial charge in [-0.2, -0.15) is 0 Å². The summed E-state index contributed by atoms with van der Waals surface area (Å²) in [5.41, 5.74) is 1.36. The number of rotatable bonds is 3. The Bertz CT molecular complexity index is 253. The molecule has 72 valence electrons. The molecule has 0 N–H and O–H groups in total. The first-order valence-electron chi connectivity index (χ1n) is 4.54. The van der Waals surface area contributed by atoms with E-state index in [0.29, 0.717) is 10.7 Å². The Balaban J connectivity index is 2.86. The van der Waals surface area contributed by atoms with Crippen molar-refractivity contribution in [3.05, 3.63) is 34.9 Å². The number of halogens is 2. The second kappa shape index (κ2) is 5.02. The molecule has 0 spiro atoms. The van der Waals surface area contributed by atoms with Crippen molar-refractivity contribution in [1.29, 1.82) is 0 Å². The summed E-state index contributed by atoms with van der Waals surface area (Å²) in [6.45, 7) is 4.39. The van der Waals surface area contributed by atoms with Crippen LogP contribution in [0.2, 0.25) is 5.02 Å². The van der Waals surface area contributed by atoms with Gasteiger partial charge in [0.15, 0.2) is 0 Å². The minimum absolute atomic E-state index is 0.513. The molecule has 0 aliphatic heterocycles. The van der Waals surface area contributed by atoms with Crippen LogP contribution in [0.4, 0.5) is 0 Å². The lowest BCUT2D eigenvalue weighted by molar-refractivity contribution is 0.663. The van der Waals surface area contributed by atoms with Gasteiger partial charge in [0.05, 0.1) is 0 Å². The molecule has 0 aliphatic rings. The molecule has 0 bridgehead atoms. The summed E-state index contributed by atoms with van der Waals surface area (Å²) in [6.07, 6.45) is 1.15. The molecule has 0 aromatic heterocycles. The molecule has 0 amide bonds. The number of hydrogen-bond acceptors (Lipinski definition) is 0. The van der Waals surface area contributed by atoms with Crippen LogP contribution in [0.3, 0.4) is 0 Å². The van der Waals surface area contributed by atoms with E-state index in [1.165, 1.54) is 5.56 Å². The summed E-state index contributed by atoms with van der Waals surface area (Å²) in [7, 11) is 0. The fourth-order valence-corrected chi connectivity index (χ4v) is 2.34. The highest BCUT2D eigenvalue weighted by Crippen LogP contribution is 2.28. The third-order valence-electron chi connectivity index (χ3n) is 2.29. The number of alkyl halides is 1. The normalized spacial score (nSPS) is 15.4. The maximum Gasteiger partial charge on any atom is 0.0406 e. The van der Waals surface area contributed by atoms with E-state index in [4.69, 9.17) is 11.6 Å². The Hall–Kier alpha value is -0.0100. The second-order valence-corrected chi connectivity index (χ2v) is 5.12. The first-order chi connectivity index (χ1) is 6.15. The first kappa shape index (κ1) is 11.1. The van der Waals surface area contributed by atoms with Crippen LogP contribution in [0.1, 0.15) is 31.7 Å². The molecule has 1 aromatic carbocycles. The highest BCUT2D eigenvalue weighted by Gasteiger charge is 2.14. The quantitative estimate of drug-likeness (QED) is 0.697. The van der Waals surface area contributed by atoms with E-state index in [9.17, 15) is 0 Å². The zero-order valence-corrected chi connectivity index (χ0v) is 10.3. The van der Waals surface area contributed by atoms with Crippen molar-refractivity contribution in [3.63, 3.8) is 0 Å². The van der Waals surface area contributed by atoms with Crippen molar-refractivity contribution in [2.45, 2.75) is 31.0 Å². The van der Waals surface area contributed by atoms with Crippen molar-refractivity contribution in [2.24, 2.45) is 0 Å². The minimum atomic E-state index is 0.513. The van der Waals surface area contributed by atoms with Crippen molar-refractivity contribution < 1.29 is 0 Å². The lowest BCUT2D eigenvalue weighted by atomic mass is 9.94. The molecular weight excluding hydrogens is 247 g/mol. The van der Waals surface area contributed by atoms with Gasteiger partial charge >= 0.3 is 0 Å². The van der Waals surface area contributed by atoms with Crippen LogP contribution in [-0.2, 0) is 0 Å². The lowest BCUT2D eigenvalue weighted by Gasteiger charge is -2.17. The van der Waals surface area contributed by atoms with Crippen LogP contribution in [0.15, 0.2) is 24.3 Å². The fraction of sp³-hybridized carbons (Fsp3) is 0.455. The van der Waals surface area contributed by atoms with Crippen molar-refractivity contribution in [1.82, 2.24) is 0 Å². The predicted octanol–water partition coefficient (Wildman–Crippen LogP) is 4.62. The van der Waals surface area contributed by atoms with Gasteiger partial charge in [-0.3, -0.25) is 0 Å². The summed E-state index contributed by atoms with van der Waals surface area (Å²) in [4.78, 5) is 0.513. The van der Waals surface area contributed by atoms with Crippen LogP contribution >= 0.6 is 27.5 Å². The Morgan fingerprint density at radius 2 is 1.85 bits per heavy atom. The van der Waals surface area contributed by atoms with Gasteiger partial charge < -0.3 is 0 Å². The van der Waals surface area contributed by atoms with Crippen LogP contribution < -0.4 is 0 Å². The van der Waals surface area contributed by atoms with E-state index in [-0.39, 0.29) is 0 Å². The Morgan fingerprint density at radius 3 is 2.23 bits per heavy atom. The molecule has 13 heavy (non-hydrogen) atoms. The summed E-state index contributed by atoms with van der Waals surface area (Å²) in [5, 5.41) is 0.806. The highest BCUT2D eigenvalue weighted by atomic mass is 79.9. The van der Waals surface area contributed by atoms with E-state index >= 15 is 0 Å². The van der Waals surface area contributed by atoms with Gasteiger partial charge in [-0.05, 0) is 30.0 Å². The van der Waals surface area contributed by atoms with Crippen molar-refractivity contribution in [3.8, 4) is 0 Å². The molecule has 0 heterocycles. The molecule has 0 nitrogen and oxygen atoms in total. The van der Waals surface area contributed by atoms with Crippen LogP contribution in [-0.4, -0.2) is 4.83 Å². The average molecular weight is 262 g/mol. The number of hydrogen-bond donors (Lipinski definition) is 0. The smallest absolute Gasteiger partial charge is 0.0406 e. The Labute approximate surface area is 93.4 Å². The van der Waals surface area contributed by atoms with Gasteiger partial charge in [-0.15, -0.1) is 0 Å². The van der Waals surface area contributed by atoms with Crippen molar-refractivity contribution in [2.75, 3.05) is 0 Å². The summed E-state index contributed by atoms with van der Waals surface area (Å²) in [5.74, 6) is 0.581. The second-order valence-electron chi connectivity index (χ2n) is 3.24. The monoisotopic (exact) mass is 260 g/mol. The van der Waals surface area contributed by atoms with Crippen LogP contribution in [0.25, 0.3) is 0 Å². The summed E-state index contributed by atoms with van der Waals surface area (Å²) < 4.78 is 0. The highest BCUT2D eigenvalue weighted by molar-refractivity contribution is 9.09. The van der Waals surface area contributed by atoms with Gasteiger partial charge in [0.1, 0.15) is 0 Å². The van der Waals surface area contributed by atoms with Crippen LogP contribution in [0, 0.1) is 0 Å². The number of benzene rings is 1. The molecule has 0 saturated heterocycles. The maximum absolute atomic E-state index is 5.83. The van der Waals surface area contributed by atoms with E-state index in [2.05, 4.69) is 41.9 Å². The predicted molar refractivity (Wildman–Crippen MR) is 62.9 cm³/mol. The molecule has 0 fully saturated rings. The van der Waals surface area contributed by atoms with E-state index < -0.39 is 0 Å². The minimum Gasteiger partial charge on any atom is -0.0887 e. The third kappa shape index (κ3) is 2.99. The Kier molecular flexibility index (Phi) is 4.27. The molecule has 2 atom stereocenters. The topological polar surface area (TPSA) is 0 Å². The van der Waals surface area contributed by atoms with Crippen molar-refractivity contribution >= 4 is 27.5 Å². The van der Waals surface area contributed by atoms with E-state index in [0.717, 1.165) is 11.4 Å². The molecule has 0 aliphatic carbocycles. The van der Waals surface area contributed by atoms with Gasteiger partial charge in [0, 0.05) is 9.85 Å². The van der Waals surface area contributed by atoms with Gasteiger partial charge in [0.25, 0.3) is 0 Å². The first-order valence-corrected chi connectivity index (χ1v) is 5.84. The molecule has 2 unspecified atom stereocenters. The molecule has 1 rings (SSSR count). The zero-order valence-electron chi connectivity index (χ0n) is 7.93. The zero-order chi connectivity index (χ0) is 9.84. The lowest BCUT2D eigenvalue weighted by Crippen LogP contribution is -2.07. The largest absolute Gasteiger partial charge is 0.0887 e. The molecule has 2 heteroatoms. The Morgan fingerprint density at radius 1 is 1.31 bits per heavy atom. The molecule has 1 aromatic rings. The van der Waals surface area contributed by atoms with Crippen LogP contribution in [0.5, 0.6) is 0 Å². The average Bonchev–Trinajstić information content (AvgIpc) is 2.09. The van der Waals surface area contributed by atoms with E-state index in [1.807, 2.05) is 12.1 Å².